The molecule has 14 heavy (non-hydrogen) atoms. The van der Waals surface area contributed by atoms with Crippen molar-refractivity contribution >= 4 is 27.9 Å². The second-order valence-electron chi connectivity index (χ2n) is 2.44. The van der Waals surface area contributed by atoms with Crippen LogP contribution < -0.4 is 0 Å². The maximum atomic E-state index is 10.7. The van der Waals surface area contributed by atoms with E-state index in [1.54, 1.807) is 0 Å². The number of aryl methyl sites for hydroxylation is 1. The number of aromatic nitrogens is 2. The van der Waals surface area contributed by atoms with Crippen molar-refractivity contribution in [1.82, 2.24) is 9.78 Å². The summed E-state index contributed by atoms with van der Waals surface area (Å²) in [6.45, 7) is 0.314. The number of carboxylic acid groups (broad SMARTS) is 2. The van der Waals surface area contributed by atoms with Crippen molar-refractivity contribution in [3.8, 4) is 0 Å². The minimum absolute atomic E-state index is 0.123. The molecule has 0 spiro atoms. The standard InChI is InChI=1S/C7H7BrN2O4/c8-1-2-10-5(7(13)14)3-4(9-10)6(11)12/h3H,1-2H2,(H,11,12)(H,13,14). The Morgan fingerprint density at radius 1 is 1.43 bits per heavy atom. The Labute approximate surface area is 87.3 Å². The molecule has 0 saturated heterocycles. The quantitative estimate of drug-likeness (QED) is 0.779. The molecule has 0 amide bonds. The Balaban J connectivity index is 3.12. The maximum absolute atomic E-state index is 10.7. The molecule has 1 rings (SSSR count). The van der Waals surface area contributed by atoms with Crippen molar-refractivity contribution in [2.45, 2.75) is 6.54 Å². The third kappa shape index (κ3) is 2.11. The molecule has 6 nitrogen and oxygen atoms in total. The Morgan fingerprint density at radius 2 is 2.07 bits per heavy atom. The van der Waals surface area contributed by atoms with Crippen LogP contribution in [0.5, 0.6) is 0 Å². The van der Waals surface area contributed by atoms with Gasteiger partial charge >= 0.3 is 11.9 Å². The SMILES string of the molecule is O=C(O)c1cc(C(=O)O)n(CCBr)n1. The van der Waals surface area contributed by atoms with Crippen molar-refractivity contribution in [3.05, 3.63) is 17.5 Å². The highest BCUT2D eigenvalue weighted by atomic mass is 79.9. The average molecular weight is 263 g/mol. The van der Waals surface area contributed by atoms with Crippen molar-refractivity contribution < 1.29 is 19.8 Å². The second-order valence-corrected chi connectivity index (χ2v) is 3.23. The van der Waals surface area contributed by atoms with Crippen LogP contribution in [0.3, 0.4) is 0 Å². The maximum Gasteiger partial charge on any atom is 0.356 e. The fraction of sp³-hybridized carbons (Fsp3) is 0.286. The summed E-state index contributed by atoms with van der Waals surface area (Å²) in [5.74, 6) is -2.42. The van der Waals surface area contributed by atoms with Crippen LogP contribution in [-0.2, 0) is 6.54 Å². The van der Waals surface area contributed by atoms with Crippen LogP contribution in [0, 0.1) is 0 Å². The van der Waals surface area contributed by atoms with Crippen LogP contribution in [0.2, 0.25) is 0 Å². The molecule has 7 heteroatoms. The van der Waals surface area contributed by atoms with Crippen molar-refractivity contribution in [3.63, 3.8) is 0 Å². The average Bonchev–Trinajstić information content (AvgIpc) is 2.49. The summed E-state index contributed by atoms with van der Waals surface area (Å²) in [6.07, 6.45) is 0. The molecule has 0 radical (unpaired) electrons. The molecule has 2 N–H and O–H groups in total. The lowest BCUT2D eigenvalue weighted by Gasteiger charge is -1.99. The highest BCUT2D eigenvalue weighted by Gasteiger charge is 2.17. The van der Waals surface area contributed by atoms with Crippen molar-refractivity contribution in [1.29, 1.82) is 0 Å². The molecular formula is C7H7BrN2O4. The summed E-state index contributed by atoms with van der Waals surface area (Å²) in [5, 5.41) is 21.4. The van der Waals surface area contributed by atoms with Gasteiger partial charge in [0.1, 0.15) is 5.69 Å². The van der Waals surface area contributed by atoms with Crippen LogP contribution >= 0.6 is 15.9 Å². The number of rotatable bonds is 4. The number of halogens is 1. The van der Waals surface area contributed by atoms with Gasteiger partial charge in [-0.05, 0) is 0 Å². The molecule has 0 atom stereocenters. The van der Waals surface area contributed by atoms with Gasteiger partial charge in [-0.25, -0.2) is 9.59 Å². The summed E-state index contributed by atoms with van der Waals surface area (Å²) in [4.78, 5) is 21.2. The molecule has 0 aromatic carbocycles. The van der Waals surface area contributed by atoms with E-state index in [0.29, 0.717) is 11.9 Å². The third-order valence-electron chi connectivity index (χ3n) is 1.51. The lowest BCUT2D eigenvalue weighted by Crippen LogP contribution is -2.10. The minimum atomic E-state index is -1.24. The molecule has 1 heterocycles. The highest BCUT2D eigenvalue weighted by molar-refractivity contribution is 9.09. The fourth-order valence-corrected chi connectivity index (χ4v) is 1.28. The Kier molecular flexibility index (Phi) is 3.23. The predicted molar refractivity (Wildman–Crippen MR) is 49.9 cm³/mol. The van der Waals surface area contributed by atoms with E-state index < -0.39 is 11.9 Å². The van der Waals surface area contributed by atoms with Gasteiger partial charge in [-0.3, -0.25) is 4.68 Å². The van der Waals surface area contributed by atoms with E-state index in [-0.39, 0.29) is 11.4 Å². The number of carboxylic acids is 2. The van der Waals surface area contributed by atoms with Gasteiger partial charge in [-0.15, -0.1) is 0 Å². The first-order chi connectivity index (χ1) is 6.56. The summed E-state index contributed by atoms with van der Waals surface area (Å²) >= 11 is 3.11. The number of carbonyl (C=O) groups is 2. The van der Waals surface area contributed by atoms with Gasteiger partial charge in [0.25, 0.3) is 0 Å². The second kappa shape index (κ2) is 4.23. The molecular weight excluding hydrogens is 256 g/mol. The number of hydrogen-bond donors (Lipinski definition) is 2. The number of hydrogen-bond acceptors (Lipinski definition) is 3. The summed E-state index contributed by atoms with van der Waals surface area (Å²) in [5.41, 5.74) is -0.384. The highest BCUT2D eigenvalue weighted by Crippen LogP contribution is 2.05. The molecule has 1 aromatic rings. The largest absolute Gasteiger partial charge is 0.477 e. The molecule has 0 fully saturated rings. The van der Waals surface area contributed by atoms with E-state index in [1.807, 2.05) is 0 Å². The zero-order valence-corrected chi connectivity index (χ0v) is 8.56. The van der Waals surface area contributed by atoms with Crippen LogP contribution in [0.4, 0.5) is 0 Å². The van der Waals surface area contributed by atoms with E-state index in [0.717, 1.165) is 10.7 Å². The Bertz CT molecular complexity index is 374. The molecule has 0 bridgehead atoms. The molecule has 0 saturated carbocycles. The van der Waals surface area contributed by atoms with Gasteiger partial charge in [0.2, 0.25) is 0 Å². The van der Waals surface area contributed by atoms with Crippen molar-refractivity contribution in [2.75, 3.05) is 5.33 Å². The van der Waals surface area contributed by atoms with Gasteiger partial charge in [0.05, 0.1) is 6.54 Å². The topological polar surface area (TPSA) is 92.4 Å². The summed E-state index contributed by atoms with van der Waals surface area (Å²) in [6, 6.07) is 1.04. The molecule has 76 valence electrons. The van der Waals surface area contributed by atoms with Gasteiger partial charge in [0, 0.05) is 11.4 Å². The van der Waals surface area contributed by atoms with Crippen LogP contribution in [0.1, 0.15) is 21.0 Å². The number of alkyl halides is 1. The van der Waals surface area contributed by atoms with E-state index in [2.05, 4.69) is 21.0 Å². The summed E-state index contributed by atoms with van der Waals surface area (Å²) < 4.78 is 1.14. The van der Waals surface area contributed by atoms with Gasteiger partial charge in [-0.2, -0.15) is 5.10 Å². The normalized spacial score (nSPS) is 10.1. The summed E-state index contributed by atoms with van der Waals surface area (Å²) in [7, 11) is 0. The first kappa shape index (κ1) is 10.7. The monoisotopic (exact) mass is 262 g/mol. The van der Waals surface area contributed by atoms with E-state index in [4.69, 9.17) is 10.2 Å². The molecule has 0 aliphatic carbocycles. The zero-order valence-electron chi connectivity index (χ0n) is 6.97. The molecule has 0 aliphatic rings. The van der Waals surface area contributed by atoms with Crippen LogP contribution in [0.25, 0.3) is 0 Å². The zero-order chi connectivity index (χ0) is 10.7. The number of aromatic carboxylic acids is 2. The van der Waals surface area contributed by atoms with Gasteiger partial charge < -0.3 is 10.2 Å². The Hall–Kier alpha value is -1.37. The molecule has 0 aliphatic heterocycles. The Morgan fingerprint density at radius 3 is 2.50 bits per heavy atom. The van der Waals surface area contributed by atoms with Crippen LogP contribution in [0.15, 0.2) is 6.07 Å². The first-order valence-corrected chi connectivity index (χ1v) is 4.78. The van der Waals surface area contributed by atoms with Gasteiger partial charge in [0.15, 0.2) is 5.69 Å². The lowest BCUT2D eigenvalue weighted by atomic mass is 10.3. The van der Waals surface area contributed by atoms with E-state index in [1.165, 1.54) is 0 Å². The van der Waals surface area contributed by atoms with Crippen LogP contribution in [-0.4, -0.2) is 37.3 Å². The molecule has 0 unspecified atom stereocenters. The fourth-order valence-electron chi connectivity index (χ4n) is 0.944. The van der Waals surface area contributed by atoms with Crippen molar-refractivity contribution in [2.24, 2.45) is 0 Å². The predicted octanol–water partition coefficient (Wildman–Crippen LogP) is 0.674. The molecule has 1 aromatic heterocycles. The van der Waals surface area contributed by atoms with E-state index >= 15 is 0 Å². The number of nitrogens with zero attached hydrogens (tertiary/aromatic N) is 2. The van der Waals surface area contributed by atoms with Gasteiger partial charge in [-0.1, -0.05) is 15.9 Å². The third-order valence-corrected chi connectivity index (χ3v) is 1.87. The van der Waals surface area contributed by atoms with E-state index in [9.17, 15) is 9.59 Å². The smallest absolute Gasteiger partial charge is 0.356 e. The first-order valence-electron chi connectivity index (χ1n) is 3.66. The minimum Gasteiger partial charge on any atom is -0.477 e. The lowest BCUT2D eigenvalue weighted by molar-refractivity contribution is 0.0676.